The Bertz CT molecular complexity index is 301. The molecule has 0 radical (unpaired) electrons. The number of hydrogen-bond donors (Lipinski definition) is 0. The summed E-state index contributed by atoms with van der Waals surface area (Å²) in [6.45, 7) is 9.85. The van der Waals surface area contributed by atoms with Crippen LogP contribution in [0, 0.1) is 11.8 Å². The first-order valence-corrected chi connectivity index (χ1v) is 8.75. The third kappa shape index (κ3) is 4.76. The molecule has 2 fully saturated rings. The highest BCUT2D eigenvalue weighted by Crippen LogP contribution is 2.30. The second-order valence-electron chi connectivity index (χ2n) is 6.67. The molecule has 2 aliphatic rings. The van der Waals surface area contributed by atoms with E-state index in [1.165, 1.54) is 38.8 Å². The van der Waals surface area contributed by atoms with Crippen LogP contribution in [0.2, 0.25) is 0 Å². The van der Waals surface area contributed by atoms with Crippen molar-refractivity contribution in [2.45, 2.75) is 58.8 Å². The lowest BCUT2D eigenvalue weighted by Gasteiger charge is -2.26. The lowest BCUT2D eigenvalue weighted by atomic mass is 9.97. The van der Waals surface area contributed by atoms with Gasteiger partial charge in [-0.1, -0.05) is 26.7 Å². The normalized spacial score (nSPS) is 22.6. The Morgan fingerprint density at radius 2 is 1.95 bits per heavy atom. The molecule has 1 saturated carbocycles. The molecule has 0 aromatic carbocycles. The molecular weight excluding hydrogens is 248 g/mol. The first-order valence-electron chi connectivity index (χ1n) is 8.75. The maximum absolute atomic E-state index is 12.6. The van der Waals surface area contributed by atoms with Gasteiger partial charge in [0.15, 0.2) is 0 Å². The lowest BCUT2D eigenvalue weighted by Crippen LogP contribution is -2.39. The lowest BCUT2D eigenvalue weighted by molar-refractivity contribution is -0.135. The molecule has 1 heterocycles. The van der Waals surface area contributed by atoms with Gasteiger partial charge in [-0.05, 0) is 44.6 Å². The summed E-state index contributed by atoms with van der Waals surface area (Å²) in [5.74, 6) is 1.66. The molecule has 0 spiro atoms. The van der Waals surface area contributed by atoms with Gasteiger partial charge in [0.2, 0.25) is 5.91 Å². The van der Waals surface area contributed by atoms with Crippen molar-refractivity contribution in [2.75, 3.05) is 32.7 Å². The number of rotatable bonds is 7. The fraction of sp³-hybridized carbons (Fsp3) is 0.941. The molecule has 1 aliphatic carbocycles. The quantitative estimate of drug-likeness (QED) is 0.715. The summed E-state index contributed by atoms with van der Waals surface area (Å²) in [4.78, 5) is 17.4. The van der Waals surface area contributed by atoms with Crippen molar-refractivity contribution in [3.63, 3.8) is 0 Å². The molecule has 3 heteroatoms. The monoisotopic (exact) mass is 280 g/mol. The molecule has 2 rings (SSSR count). The van der Waals surface area contributed by atoms with Crippen LogP contribution >= 0.6 is 0 Å². The minimum Gasteiger partial charge on any atom is -0.341 e. The van der Waals surface area contributed by atoms with E-state index >= 15 is 0 Å². The fourth-order valence-corrected chi connectivity index (χ4v) is 3.25. The van der Waals surface area contributed by atoms with E-state index in [0.29, 0.717) is 5.91 Å². The number of carbonyl (C=O) groups is 1. The van der Waals surface area contributed by atoms with Gasteiger partial charge in [0.25, 0.3) is 0 Å². The van der Waals surface area contributed by atoms with Gasteiger partial charge in [0.05, 0.1) is 0 Å². The molecular formula is C17H32N2O. The maximum Gasteiger partial charge on any atom is 0.225 e. The van der Waals surface area contributed by atoms with E-state index < -0.39 is 0 Å². The Kier molecular flexibility index (Phi) is 6.34. The number of nitrogens with zero attached hydrogens (tertiary/aromatic N) is 2. The van der Waals surface area contributed by atoms with E-state index in [0.717, 1.165) is 44.8 Å². The molecule has 116 valence electrons. The Morgan fingerprint density at radius 3 is 2.60 bits per heavy atom. The molecule has 1 saturated heterocycles. The smallest absolute Gasteiger partial charge is 0.225 e. The van der Waals surface area contributed by atoms with E-state index in [4.69, 9.17) is 0 Å². The van der Waals surface area contributed by atoms with Crippen molar-refractivity contribution in [1.82, 2.24) is 9.80 Å². The topological polar surface area (TPSA) is 23.6 Å². The van der Waals surface area contributed by atoms with Gasteiger partial charge in [0.1, 0.15) is 0 Å². The molecule has 3 nitrogen and oxygen atoms in total. The summed E-state index contributed by atoms with van der Waals surface area (Å²) in [7, 11) is 0. The summed E-state index contributed by atoms with van der Waals surface area (Å²) in [5, 5.41) is 0. The zero-order chi connectivity index (χ0) is 14.4. The summed E-state index contributed by atoms with van der Waals surface area (Å²) < 4.78 is 0. The number of carbonyl (C=O) groups excluding carboxylic acids is 1. The SMILES string of the molecule is CCCCC(CC)C(=O)N1CCCN(CC2CC2)CC1. The van der Waals surface area contributed by atoms with Gasteiger partial charge in [-0.15, -0.1) is 0 Å². The number of hydrogen-bond acceptors (Lipinski definition) is 2. The summed E-state index contributed by atoms with van der Waals surface area (Å²) in [6, 6.07) is 0. The predicted octanol–water partition coefficient (Wildman–Crippen LogP) is 3.15. The third-order valence-electron chi connectivity index (χ3n) is 4.86. The third-order valence-corrected chi connectivity index (χ3v) is 4.86. The molecule has 1 aliphatic heterocycles. The summed E-state index contributed by atoms with van der Waals surface area (Å²) in [5.41, 5.74) is 0. The molecule has 1 unspecified atom stereocenters. The first-order chi connectivity index (χ1) is 9.74. The highest BCUT2D eigenvalue weighted by Gasteiger charge is 2.28. The van der Waals surface area contributed by atoms with Gasteiger partial charge in [-0.3, -0.25) is 4.79 Å². The average molecular weight is 280 g/mol. The molecule has 0 aromatic rings. The Morgan fingerprint density at radius 1 is 1.15 bits per heavy atom. The van der Waals surface area contributed by atoms with Crippen LogP contribution in [0.25, 0.3) is 0 Å². The minimum absolute atomic E-state index is 0.268. The van der Waals surface area contributed by atoms with Crippen molar-refractivity contribution < 1.29 is 4.79 Å². The number of unbranched alkanes of at least 4 members (excludes halogenated alkanes) is 1. The Balaban J connectivity index is 1.79. The molecule has 1 atom stereocenters. The molecule has 0 bridgehead atoms. The zero-order valence-corrected chi connectivity index (χ0v) is 13.4. The van der Waals surface area contributed by atoms with Crippen LogP contribution in [-0.4, -0.2) is 48.4 Å². The summed E-state index contributed by atoms with van der Waals surface area (Å²) in [6.07, 6.45) is 8.46. The fourth-order valence-electron chi connectivity index (χ4n) is 3.25. The minimum atomic E-state index is 0.268. The van der Waals surface area contributed by atoms with E-state index in [1.54, 1.807) is 0 Å². The van der Waals surface area contributed by atoms with E-state index in [2.05, 4.69) is 23.6 Å². The van der Waals surface area contributed by atoms with Crippen molar-refractivity contribution in [1.29, 1.82) is 0 Å². The average Bonchev–Trinajstić information content (AvgIpc) is 3.27. The van der Waals surface area contributed by atoms with Gasteiger partial charge < -0.3 is 9.80 Å². The largest absolute Gasteiger partial charge is 0.341 e. The highest BCUT2D eigenvalue weighted by molar-refractivity contribution is 5.78. The van der Waals surface area contributed by atoms with Gasteiger partial charge in [0, 0.05) is 32.1 Å². The van der Waals surface area contributed by atoms with Gasteiger partial charge >= 0.3 is 0 Å². The van der Waals surface area contributed by atoms with Crippen LogP contribution in [0.5, 0.6) is 0 Å². The van der Waals surface area contributed by atoms with Crippen LogP contribution in [0.1, 0.15) is 58.8 Å². The van der Waals surface area contributed by atoms with E-state index in [1.807, 2.05) is 0 Å². The van der Waals surface area contributed by atoms with Crippen LogP contribution in [-0.2, 0) is 4.79 Å². The van der Waals surface area contributed by atoms with Crippen LogP contribution in [0.3, 0.4) is 0 Å². The number of amides is 1. The molecule has 20 heavy (non-hydrogen) atoms. The van der Waals surface area contributed by atoms with Gasteiger partial charge in [-0.25, -0.2) is 0 Å². The Labute approximate surface area is 124 Å². The second-order valence-corrected chi connectivity index (χ2v) is 6.67. The van der Waals surface area contributed by atoms with Crippen molar-refractivity contribution in [2.24, 2.45) is 11.8 Å². The van der Waals surface area contributed by atoms with Crippen LogP contribution < -0.4 is 0 Å². The van der Waals surface area contributed by atoms with Crippen molar-refractivity contribution >= 4 is 5.91 Å². The zero-order valence-electron chi connectivity index (χ0n) is 13.4. The highest BCUT2D eigenvalue weighted by atomic mass is 16.2. The standard InChI is InChI=1S/C17H32N2O/c1-3-5-7-16(4-2)17(20)19-11-6-10-18(12-13-19)14-15-8-9-15/h15-16H,3-14H2,1-2H3. The van der Waals surface area contributed by atoms with Crippen LogP contribution in [0.15, 0.2) is 0 Å². The van der Waals surface area contributed by atoms with E-state index in [9.17, 15) is 4.79 Å². The Hall–Kier alpha value is -0.570. The second kappa shape index (κ2) is 8.02. The summed E-state index contributed by atoms with van der Waals surface area (Å²) >= 11 is 0. The van der Waals surface area contributed by atoms with E-state index in [-0.39, 0.29) is 5.92 Å². The predicted molar refractivity (Wildman–Crippen MR) is 83.7 cm³/mol. The maximum atomic E-state index is 12.6. The van der Waals surface area contributed by atoms with Crippen LogP contribution in [0.4, 0.5) is 0 Å². The van der Waals surface area contributed by atoms with Gasteiger partial charge in [-0.2, -0.15) is 0 Å². The first kappa shape index (κ1) is 15.8. The molecule has 0 N–H and O–H groups in total. The molecule has 1 amide bonds. The van der Waals surface area contributed by atoms with Crippen molar-refractivity contribution in [3.05, 3.63) is 0 Å². The van der Waals surface area contributed by atoms with Crippen molar-refractivity contribution in [3.8, 4) is 0 Å². The molecule has 0 aromatic heterocycles.